The van der Waals surface area contributed by atoms with Crippen molar-refractivity contribution in [1.82, 2.24) is 4.98 Å². The number of thiazole rings is 1. The van der Waals surface area contributed by atoms with E-state index in [1.165, 1.54) is 19.5 Å². The second kappa shape index (κ2) is 12.5. The molecular weight excluding hydrogens is 577 g/mol. The van der Waals surface area contributed by atoms with E-state index in [0.717, 1.165) is 33.8 Å². The number of anilines is 2. The molecule has 0 fully saturated rings. The molecule has 1 amide bonds. The third kappa shape index (κ3) is 7.49. The highest BCUT2D eigenvalue weighted by molar-refractivity contribution is 7.93. The number of aromatic nitrogens is 1. The van der Waals surface area contributed by atoms with Gasteiger partial charge in [-0.15, -0.1) is 11.3 Å². The Morgan fingerprint density at radius 1 is 1.22 bits per heavy atom. The summed E-state index contributed by atoms with van der Waals surface area (Å²) in [6.45, 7) is 6.10. The molecule has 220 valence electrons. The smallest absolute Gasteiger partial charge is 0.360 e. The number of benzene rings is 2. The summed E-state index contributed by atoms with van der Waals surface area (Å²) in [6.07, 6.45) is 0. The first-order valence-corrected chi connectivity index (χ1v) is 14.4. The molecule has 1 unspecified atom stereocenters. The van der Waals surface area contributed by atoms with E-state index in [9.17, 15) is 18.0 Å². The minimum atomic E-state index is -4.50. The Kier molecular flexibility index (Phi) is 9.55. The number of rotatable bonds is 10. The number of ether oxygens (including phenoxy) is 2. The molecule has 1 heterocycles. The zero-order valence-electron chi connectivity index (χ0n) is 22.9. The number of nitrogens with zero attached hydrogens (tertiary/aromatic N) is 3. The van der Waals surface area contributed by atoms with Crippen molar-refractivity contribution >= 4 is 49.8 Å². The van der Waals surface area contributed by atoms with Gasteiger partial charge in [-0.05, 0) is 63.6 Å². The van der Waals surface area contributed by atoms with E-state index in [1.807, 2.05) is 0 Å². The molecule has 3 rings (SSSR count). The van der Waals surface area contributed by atoms with Gasteiger partial charge < -0.3 is 25.7 Å². The van der Waals surface area contributed by atoms with Gasteiger partial charge in [0.25, 0.3) is 10.0 Å². The molecule has 0 aliphatic rings. The van der Waals surface area contributed by atoms with Crippen molar-refractivity contribution in [2.24, 2.45) is 16.8 Å². The van der Waals surface area contributed by atoms with Crippen molar-refractivity contribution in [3.05, 3.63) is 65.0 Å². The van der Waals surface area contributed by atoms with Crippen molar-refractivity contribution in [3.63, 3.8) is 0 Å². The van der Waals surface area contributed by atoms with Gasteiger partial charge in [-0.3, -0.25) is 9.10 Å². The predicted molar refractivity (Wildman–Crippen MR) is 151 cm³/mol. The first kappa shape index (κ1) is 31.3. The molecule has 0 aliphatic heterocycles. The Hall–Kier alpha value is -4.24. The summed E-state index contributed by atoms with van der Waals surface area (Å²) in [5.74, 6) is -3.57. The summed E-state index contributed by atoms with van der Waals surface area (Å²) >= 11 is 0.900. The van der Waals surface area contributed by atoms with E-state index < -0.39 is 44.1 Å². The lowest BCUT2D eigenvalue weighted by molar-refractivity contribution is -0.117. The van der Waals surface area contributed by atoms with Crippen LogP contribution in [0.1, 0.15) is 43.7 Å². The molecule has 3 aromatic rings. The van der Waals surface area contributed by atoms with Gasteiger partial charge in [-0.1, -0.05) is 17.3 Å². The summed E-state index contributed by atoms with van der Waals surface area (Å²) in [5.41, 5.74) is 5.88. The summed E-state index contributed by atoms with van der Waals surface area (Å²) in [7, 11) is -3.01. The van der Waals surface area contributed by atoms with Gasteiger partial charge in [0.05, 0.1) is 35.7 Å². The van der Waals surface area contributed by atoms with Crippen molar-refractivity contribution in [1.29, 1.82) is 0 Å². The second-order valence-corrected chi connectivity index (χ2v) is 12.4. The van der Waals surface area contributed by atoms with E-state index in [1.54, 1.807) is 45.0 Å². The van der Waals surface area contributed by atoms with E-state index in [4.69, 9.17) is 20.4 Å². The largest absolute Gasteiger partial charge is 0.497 e. The lowest BCUT2D eigenvalue weighted by atomic mass is 10.1. The topological polar surface area (TPSA) is 174 Å². The number of carbonyl (C=O) groups excluding carboxylic acids is 2. The van der Waals surface area contributed by atoms with Crippen LogP contribution in [0.25, 0.3) is 0 Å². The minimum Gasteiger partial charge on any atom is -0.497 e. The lowest BCUT2D eigenvalue weighted by Crippen LogP contribution is -2.33. The monoisotopic (exact) mass is 607 g/mol. The van der Waals surface area contributed by atoms with Gasteiger partial charge in [0.2, 0.25) is 5.91 Å². The third-order valence-electron chi connectivity index (χ3n) is 5.59. The highest BCUT2D eigenvalue weighted by Gasteiger charge is 2.33. The van der Waals surface area contributed by atoms with E-state index >= 15 is 4.39 Å². The fraction of sp³-hybridized carbons (Fsp3) is 0.308. The number of amides is 1. The first-order valence-electron chi connectivity index (χ1n) is 12.1. The van der Waals surface area contributed by atoms with Crippen molar-refractivity contribution in [2.45, 2.75) is 44.7 Å². The number of hydrogen-bond acceptors (Lipinski definition) is 10. The highest BCUT2D eigenvalue weighted by atomic mass is 32.2. The Bertz CT molecular complexity index is 1550. The quantitative estimate of drug-likeness (QED) is 0.101. The Balaban J connectivity index is 2.04. The van der Waals surface area contributed by atoms with Gasteiger partial charge >= 0.3 is 5.97 Å². The molecular formula is C26H30FN5O7S2. The van der Waals surface area contributed by atoms with Crippen LogP contribution in [0, 0.1) is 11.7 Å². The predicted octanol–water partition coefficient (Wildman–Crippen LogP) is 3.96. The van der Waals surface area contributed by atoms with Crippen LogP contribution < -0.4 is 20.1 Å². The fourth-order valence-electron chi connectivity index (χ4n) is 3.39. The van der Waals surface area contributed by atoms with Gasteiger partial charge in [0.15, 0.2) is 11.5 Å². The number of sulfonamides is 1. The Morgan fingerprint density at radius 3 is 2.44 bits per heavy atom. The van der Waals surface area contributed by atoms with Gasteiger partial charge in [-0.2, -0.15) is 0 Å². The van der Waals surface area contributed by atoms with Crippen molar-refractivity contribution < 1.29 is 37.1 Å². The number of esters is 1. The van der Waals surface area contributed by atoms with E-state index in [0.29, 0.717) is 11.3 Å². The summed E-state index contributed by atoms with van der Waals surface area (Å²) in [6, 6.07) is 9.52. The number of hydrogen-bond donors (Lipinski definition) is 3. The molecule has 0 saturated heterocycles. The number of oxime groups is 1. The SMILES string of the molecule is COc1ccc(CN(c2scnc2C(=O)OC(C)(C)C)S(=O)(=O)c2ccc(NC(=O)C(C)/C(N)=N/O)c(F)c2)cc1. The summed E-state index contributed by atoms with van der Waals surface area (Å²) < 4.78 is 54.5. The van der Waals surface area contributed by atoms with Crippen LogP contribution in [0.5, 0.6) is 5.75 Å². The molecule has 1 aromatic heterocycles. The third-order valence-corrected chi connectivity index (χ3v) is 8.30. The molecule has 41 heavy (non-hydrogen) atoms. The van der Waals surface area contributed by atoms with Crippen LogP contribution >= 0.6 is 11.3 Å². The fourth-order valence-corrected chi connectivity index (χ4v) is 5.87. The standard InChI is InChI=1S/C26H30FN5O7S2/c1-15(22(28)31-35)23(33)30-20-11-10-18(12-19(20)27)41(36,37)32(13-16-6-8-17(38-5)9-7-16)24-21(29-14-40-24)25(34)39-26(2,3)4/h6-12,14-15,35H,13H2,1-5H3,(H2,28,31)(H,30,33). The first-order chi connectivity index (χ1) is 19.2. The highest BCUT2D eigenvalue weighted by Crippen LogP contribution is 2.34. The van der Waals surface area contributed by atoms with Crippen LogP contribution in [0.3, 0.4) is 0 Å². The minimum absolute atomic E-state index is 0.0274. The second-order valence-electron chi connectivity index (χ2n) is 9.75. The van der Waals surface area contributed by atoms with Gasteiger partial charge in [-0.25, -0.2) is 22.6 Å². The normalized spacial score (nSPS) is 12.9. The molecule has 12 nitrogen and oxygen atoms in total. The summed E-state index contributed by atoms with van der Waals surface area (Å²) in [4.78, 5) is 28.9. The van der Waals surface area contributed by atoms with Crippen LogP contribution in [0.15, 0.2) is 58.0 Å². The molecule has 0 bridgehead atoms. The van der Waals surface area contributed by atoms with Crippen molar-refractivity contribution in [3.8, 4) is 5.75 Å². The molecule has 0 radical (unpaired) electrons. The maximum absolute atomic E-state index is 15.1. The van der Waals surface area contributed by atoms with Crippen LogP contribution in [-0.2, 0) is 26.1 Å². The molecule has 0 spiro atoms. The molecule has 0 saturated carbocycles. The zero-order valence-corrected chi connectivity index (χ0v) is 24.5. The van der Waals surface area contributed by atoms with Crippen LogP contribution in [0.2, 0.25) is 0 Å². The lowest BCUT2D eigenvalue weighted by Gasteiger charge is -2.25. The molecule has 4 N–H and O–H groups in total. The maximum atomic E-state index is 15.1. The number of nitrogens with one attached hydrogen (secondary N) is 1. The van der Waals surface area contributed by atoms with Crippen LogP contribution in [0.4, 0.5) is 15.1 Å². The number of amidine groups is 1. The van der Waals surface area contributed by atoms with Gasteiger partial charge in [0.1, 0.15) is 22.2 Å². The van der Waals surface area contributed by atoms with Crippen molar-refractivity contribution in [2.75, 3.05) is 16.7 Å². The number of carbonyl (C=O) groups is 2. The maximum Gasteiger partial charge on any atom is 0.360 e. The average Bonchev–Trinajstić information content (AvgIpc) is 3.40. The molecule has 0 aliphatic carbocycles. The Labute approximate surface area is 240 Å². The number of nitrogens with two attached hydrogens (primary N) is 1. The number of methoxy groups -OCH3 is 1. The zero-order chi connectivity index (χ0) is 30.5. The average molecular weight is 608 g/mol. The summed E-state index contributed by atoms with van der Waals surface area (Å²) in [5, 5.41) is 13.8. The van der Waals surface area contributed by atoms with E-state index in [2.05, 4.69) is 15.5 Å². The molecule has 1 atom stereocenters. The molecule has 15 heteroatoms. The molecule has 2 aromatic carbocycles. The van der Waals surface area contributed by atoms with Crippen LogP contribution in [-0.4, -0.2) is 49.0 Å². The number of halogens is 1. The van der Waals surface area contributed by atoms with Gasteiger partial charge in [0, 0.05) is 0 Å². The van der Waals surface area contributed by atoms with E-state index in [-0.39, 0.29) is 28.8 Å². The Morgan fingerprint density at radius 2 is 1.88 bits per heavy atom.